The van der Waals surface area contributed by atoms with Gasteiger partial charge >= 0.3 is 0 Å². The van der Waals surface area contributed by atoms with Crippen molar-refractivity contribution in [3.05, 3.63) is 23.8 Å². The summed E-state index contributed by atoms with van der Waals surface area (Å²) in [4.78, 5) is 2.10. The van der Waals surface area contributed by atoms with Crippen LogP contribution in [0.1, 0.15) is 19.4 Å². The first-order valence-electron chi connectivity index (χ1n) is 5.75. The lowest BCUT2D eigenvalue weighted by Gasteiger charge is -2.18. The van der Waals surface area contributed by atoms with E-state index in [1.807, 2.05) is 20.2 Å². The molecule has 94 valence electrons. The van der Waals surface area contributed by atoms with E-state index in [-0.39, 0.29) is 0 Å². The fourth-order valence-electron chi connectivity index (χ4n) is 1.60. The molecule has 0 saturated carbocycles. The van der Waals surface area contributed by atoms with Gasteiger partial charge in [-0.15, -0.1) is 0 Å². The number of hydrogen-bond acceptors (Lipinski definition) is 2. The first-order valence-corrected chi connectivity index (χ1v) is 6.16. The van der Waals surface area contributed by atoms with E-state index in [0.29, 0.717) is 11.2 Å². The van der Waals surface area contributed by atoms with Crippen molar-refractivity contribution in [1.82, 2.24) is 5.32 Å². The van der Waals surface area contributed by atoms with Crippen LogP contribution in [0.2, 0.25) is 0 Å². The van der Waals surface area contributed by atoms with Crippen LogP contribution in [0.3, 0.4) is 0 Å². The SMILES string of the molecule is Cc1ccc(NC(=S)NC(C)C)cc1N(C)C. The van der Waals surface area contributed by atoms with E-state index in [1.54, 1.807) is 0 Å². The third-order valence-electron chi connectivity index (χ3n) is 2.37. The molecule has 0 bridgehead atoms. The van der Waals surface area contributed by atoms with Gasteiger partial charge in [-0.25, -0.2) is 0 Å². The summed E-state index contributed by atoms with van der Waals surface area (Å²) in [6.07, 6.45) is 0. The second-order valence-electron chi connectivity index (χ2n) is 4.65. The Bertz CT molecular complexity index is 400. The molecule has 1 rings (SSSR count). The quantitative estimate of drug-likeness (QED) is 0.808. The Labute approximate surface area is 109 Å². The van der Waals surface area contributed by atoms with Crippen LogP contribution >= 0.6 is 12.2 Å². The predicted molar refractivity (Wildman–Crippen MR) is 80.0 cm³/mol. The van der Waals surface area contributed by atoms with Gasteiger partial charge in [-0.1, -0.05) is 6.07 Å². The zero-order chi connectivity index (χ0) is 13.0. The molecular weight excluding hydrogens is 230 g/mol. The highest BCUT2D eigenvalue weighted by Gasteiger charge is 2.04. The summed E-state index contributed by atoms with van der Waals surface area (Å²) in [5, 5.41) is 7.01. The van der Waals surface area contributed by atoms with Crippen LogP contribution in [0.25, 0.3) is 0 Å². The molecule has 0 aliphatic heterocycles. The van der Waals surface area contributed by atoms with Crippen molar-refractivity contribution in [1.29, 1.82) is 0 Å². The lowest BCUT2D eigenvalue weighted by molar-refractivity contribution is 0.739. The molecule has 2 N–H and O–H groups in total. The summed E-state index contributed by atoms with van der Waals surface area (Å²) < 4.78 is 0. The molecule has 0 unspecified atom stereocenters. The van der Waals surface area contributed by atoms with Crippen molar-refractivity contribution in [3.8, 4) is 0 Å². The van der Waals surface area contributed by atoms with Gasteiger partial charge in [0.2, 0.25) is 0 Å². The Morgan fingerprint density at radius 3 is 2.47 bits per heavy atom. The van der Waals surface area contributed by atoms with Gasteiger partial charge in [-0.2, -0.15) is 0 Å². The van der Waals surface area contributed by atoms with Crippen LogP contribution in [0.15, 0.2) is 18.2 Å². The zero-order valence-corrected chi connectivity index (χ0v) is 12.0. The van der Waals surface area contributed by atoms with Crippen molar-refractivity contribution < 1.29 is 0 Å². The smallest absolute Gasteiger partial charge is 0.170 e. The molecule has 3 nitrogen and oxygen atoms in total. The molecule has 4 heteroatoms. The standard InChI is InChI=1S/C13H21N3S/c1-9(2)14-13(17)15-11-7-6-10(3)12(8-11)16(4)5/h6-9H,1-5H3,(H2,14,15,17). The summed E-state index contributed by atoms with van der Waals surface area (Å²) in [5.41, 5.74) is 3.46. The maximum Gasteiger partial charge on any atom is 0.170 e. The van der Waals surface area contributed by atoms with Crippen LogP contribution in [0, 0.1) is 6.92 Å². The summed E-state index contributed by atoms with van der Waals surface area (Å²) in [6.45, 7) is 6.23. The van der Waals surface area contributed by atoms with Gasteiger partial charge in [0.1, 0.15) is 0 Å². The minimum absolute atomic E-state index is 0.341. The van der Waals surface area contributed by atoms with Gasteiger partial charge in [-0.05, 0) is 50.7 Å². The average Bonchev–Trinajstić information content (AvgIpc) is 2.19. The molecule has 0 aliphatic carbocycles. The van der Waals surface area contributed by atoms with Crippen molar-refractivity contribution >= 4 is 28.7 Å². The number of thiocarbonyl (C=S) groups is 1. The Balaban J connectivity index is 2.79. The van der Waals surface area contributed by atoms with Crippen molar-refractivity contribution in [2.45, 2.75) is 26.8 Å². The summed E-state index contributed by atoms with van der Waals surface area (Å²) in [7, 11) is 4.08. The summed E-state index contributed by atoms with van der Waals surface area (Å²) in [5.74, 6) is 0. The van der Waals surface area contributed by atoms with Crippen LogP contribution in [0.5, 0.6) is 0 Å². The van der Waals surface area contributed by atoms with Gasteiger partial charge in [0, 0.05) is 31.5 Å². The van der Waals surface area contributed by atoms with Crippen LogP contribution < -0.4 is 15.5 Å². The van der Waals surface area contributed by atoms with E-state index in [0.717, 1.165) is 5.69 Å². The first kappa shape index (κ1) is 13.8. The van der Waals surface area contributed by atoms with Crippen molar-refractivity contribution in [2.75, 3.05) is 24.3 Å². The Hall–Kier alpha value is -1.29. The molecule has 17 heavy (non-hydrogen) atoms. The van der Waals surface area contributed by atoms with E-state index in [4.69, 9.17) is 12.2 Å². The number of aryl methyl sites for hydroxylation is 1. The zero-order valence-electron chi connectivity index (χ0n) is 11.2. The average molecular weight is 251 g/mol. The van der Waals surface area contributed by atoms with E-state index < -0.39 is 0 Å². The van der Waals surface area contributed by atoms with Gasteiger partial charge in [-0.3, -0.25) is 0 Å². The van der Waals surface area contributed by atoms with Gasteiger partial charge < -0.3 is 15.5 Å². The van der Waals surface area contributed by atoms with Gasteiger partial charge in [0.05, 0.1) is 0 Å². The van der Waals surface area contributed by atoms with Crippen LogP contribution in [0.4, 0.5) is 11.4 Å². The topological polar surface area (TPSA) is 27.3 Å². The molecule has 0 heterocycles. The molecular formula is C13H21N3S. The van der Waals surface area contributed by atoms with Crippen LogP contribution in [-0.4, -0.2) is 25.2 Å². The lowest BCUT2D eigenvalue weighted by Crippen LogP contribution is -2.33. The normalized spacial score (nSPS) is 10.2. The number of nitrogens with zero attached hydrogens (tertiary/aromatic N) is 1. The van der Waals surface area contributed by atoms with E-state index >= 15 is 0 Å². The number of rotatable bonds is 3. The third kappa shape index (κ3) is 4.23. The minimum Gasteiger partial charge on any atom is -0.377 e. The molecule has 0 saturated heterocycles. The molecule has 0 radical (unpaired) electrons. The number of anilines is 2. The Kier molecular flexibility index (Phi) is 4.75. The molecule has 0 aromatic heterocycles. The maximum absolute atomic E-state index is 5.22. The van der Waals surface area contributed by atoms with Crippen molar-refractivity contribution in [2.24, 2.45) is 0 Å². The summed E-state index contributed by atoms with van der Waals surface area (Å²) in [6, 6.07) is 6.57. The second kappa shape index (κ2) is 5.87. The lowest BCUT2D eigenvalue weighted by atomic mass is 10.1. The maximum atomic E-state index is 5.22. The van der Waals surface area contributed by atoms with Crippen molar-refractivity contribution in [3.63, 3.8) is 0 Å². The number of hydrogen-bond donors (Lipinski definition) is 2. The highest BCUT2D eigenvalue weighted by Crippen LogP contribution is 2.22. The van der Waals surface area contributed by atoms with E-state index in [1.165, 1.54) is 11.3 Å². The number of nitrogens with one attached hydrogen (secondary N) is 2. The Morgan fingerprint density at radius 1 is 1.29 bits per heavy atom. The predicted octanol–water partition coefficient (Wildman–Crippen LogP) is 2.76. The number of benzene rings is 1. The van der Waals surface area contributed by atoms with Gasteiger partial charge in [0.25, 0.3) is 0 Å². The molecule has 1 aromatic rings. The monoisotopic (exact) mass is 251 g/mol. The van der Waals surface area contributed by atoms with Crippen LogP contribution in [-0.2, 0) is 0 Å². The Morgan fingerprint density at radius 2 is 1.94 bits per heavy atom. The van der Waals surface area contributed by atoms with E-state index in [9.17, 15) is 0 Å². The second-order valence-corrected chi connectivity index (χ2v) is 5.06. The van der Waals surface area contributed by atoms with E-state index in [2.05, 4.69) is 48.4 Å². The first-order chi connectivity index (χ1) is 7.90. The molecule has 1 aromatic carbocycles. The summed E-state index contributed by atoms with van der Waals surface area (Å²) >= 11 is 5.22. The largest absolute Gasteiger partial charge is 0.377 e. The molecule has 0 amide bonds. The minimum atomic E-state index is 0.341. The molecule has 0 spiro atoms. The fraction of sp³-hybridized carbons (Fsp3) is 0.462. The molecule has 0 fully saturated rings. The fourth-order valence-corrected chi connectivity index (χ4v) is 1.95. The third-order valence-corrected chi connectivity index (χ3v) is 2.59. The molecule has 0 aliphatic rings. The molecule has 0 atom stereocenters. The van der Waals surface area contributed by atoms with Gasteiger partial charge in [0.15, 0.2) is 5.11 Å². The highest BCUT2D eigenvalue weighted by molar-refractivity contribution is 7.80. The highest BCUT2D eigenvalue weighted by atomic mass is 32.1.